The van der Waals surface area contributed by atoms with Gasteiger partial charge in [0.05, 0.1) is 11.4 Å². The summed E-state index contributed by atoms with van der Waals surface area (Å²) in [6.45, 7) is 3.06. The standard InChI is InChI=1S/C20H17ClFN3O3/c1-12-17(18(21)25(24-12)16-10-8-14(22)9-11-16)20(27)28-13(2)19(26)23-15-6-4-3-5-7-15/h3-11,13H,1-2H3,(H,23,26)/t13-/m0/s1. The number of hydrogen-bond acceptors (Lipinski definition) is 4. The molecule has 0 saturated carbocycles. The third-order valence-electron chi connectivity index (χ3n) is 3.97. The lowest BCUT2D eigenvalue weighted by atomic mass is 10.2. The van der Waals surface area contributed by atoms with Gasteiger partial charge < -0.3 is 10.1 Å². The van der Waals surface area contributed by atoms with E-state index in [0.717, 1.165) is 0 Å². The Morgan fingerprint density at radius 1 is 1.14 bits per heavy atom. The van der Waals surface area contributed by atoms with Gasteiger partial charge in [0, 0.05) is 5.69 Å². The Bertz CT molecular complexity index is 1000. The molecule has 0 bridgehead atoms. The zero-order valence-electron chi connectivity index (χ0n) is 15.1. The van der Waals surface area contributed by atoms with Crippen LogP contribution in [0.25, 0.3) is 5.69 Å². The molecule has 1 amide bonds. The zero-order chi connectivity index (χ0) is 20.3. The molecule has 0 unspecified atom stereocenters. The van der Waals surface area contributed by atoms with Crippen molar-refractivity contribution in [1.82, 2.24) is 9.78 Å². The van der Waals surface area contributed by atoms with Crippen molar-refractivity contribution < 1.29 is 18.7 Å². The number of benzene rings is 2. The number of nitrogens with one attached hydrogen (secondary N) is 1. The second-order valence-corrected chi connectivity index (χ2v) is 6.40. The number of carbonyl (C=O) groups excluding carboxylic acids is 2. The monoisotopic (exact) mass is 401 g/mol. The van der Waals surface area contributed by atoms with Crippen LogP contribution < -0.4 is 5.32 Å². The fraction of sp³-hybridized carbons (Fsp3) is 0.150. The molecule has 0 spiro atoms. The summed E-state index contributed by atoms with van der Waals surface area (Å²) in [5.41, 5.74) is 1.46. The Balaban J connectivity index is 1.75. The molecule has 2 aromatic carbocycles. The number of rotatable bonds is 5. The Kier molecular flexibility index (Phi) is 5.75. The smallest absolute Gasteiger partial charge is 0.344 e. The van der Waals surface area contributed by atoms with Gasteiger partial charge in [-0.15, -0.1) is 0 Å². The van der Waals surface area contributed by atoms with Gasteiger partial charge in [0.25, 0.3) is 5.91 Å². The van der Waals surface area contributed by atoms with Crippen molar-refractivity contribution in [3.8, 4) is 5.69 Å². The minimum Gasteiger partial charge on any atom is -0.449 e. The summed E-state index contributed by atoms with van der Waals surface area (Å²) in [6, 6.07) is 14.3. The molecule has 28 heavy (non-hydrogen) atoms. The number of esters is 1. The minimum atomic E-state index is -1.04. The van der Waals surface area contributed by atoms with Gasteiger partial charge in [-0.05, 0) is 50.2 Å². The average molecular weight is 402 g/mol. The van der Waals surface area contributed by atoms with E-state index >= 15 is 0 Å². The lowest BCUT2D eigenvalue weighted by molar-refractivity contribution is -0.123. The van der Waals surface area contributed by atoms with E-state index in [0.29, 0.717) is 17.1 Å². The number of hydrogen-bond donors (Lipinski definition) is 1. The maximum Gasteiger partial charge on any atom is 0.344 e. The number of carbonyl (C=O) groups is 2. The van der Waals surface area contributed by atoms with E-state index in [2.05, 4.69) is 10.4 Å². The first kappa shape index (κ1) is 19.6. The van der Waals surface area contributed by atoms with Gasteiger partial charge in [-0.3, -0.25) is 4.79 Å². The number of ether oxygens (including phenoxy) is 1. The highest BCUT2D eigenvalue weighted by Crippen LogP contribution is 2.25. The second kappa shape index (κ2) is 8.22. The third-order valence-corrected chi connectivity index (χ3v) is 4.32. The van der Waals surface area contributed by atoms with Gasteiger partial charge >= 0.3 is 5.97 Å². The van der Waals surface area contributed by atoms with Crippen LogP contribution in [-0.4, -0.2) is 27.8 Å². The molecule has 0 fully saturated rings. The molecule has 3 rings (SSSR count). The minimum absolute atomic E-state index is 0.0183. The van der Waals surface area contributed by atoms with Gasteiger partial charge in [0.1, 0.15) is 16.5 Å². The van der Waals surface area contributed by atoms with Crippen LogP contribution in [0.5, 0.6) is 0 Å². The number of nitrogens with zero attached hydrogens (tertiary/aromatic N) is 2. The van der Waals surface area contributed by atoms with Crippen LogP contribution in [0.15, 0.2) is 54.6 Å². The summed E-state index contributed by atoms with van der Waals surface area (Å²) in [6.07, 6.45) is -1.04. The van der Waals surface area contributed by atoms with Gasteiger partial charge in [-0.1, -0.05) is 29.8 Å². The van der Waals surface area contributed by atoms with Crippen molar-refractivity contribution >= 4 is 29.2 Å². The van der Waals surface area contributed by atoms with Crippen LogP contribution in [0, 0.1) is 12.7 Å². The van der Waals surface area contributed by atoms with Crippen molar-refractivity contribution in [2.75, 3.05) is 5.32 Å². The number of amides is 1. The molecule has 0 aliphatic carbocycles. The summed E-state index contributed by atoms with van der Waals surface area (Å²) < 4.78 is 19.7. The Hall–Kier alpha value is -3.19. The number of halogens is 2. The summed E-state index contributed by atoms with van der Waals surface area (Å²) in [5, 5.41) is 6.89. The van der Waals surface area contributed by atoms with E-state index in [9.17, 15) is 14.0 Å². The van der Waals surface area contributed by atoms with E-state index < -0.39 is 23.8 Å². The summed E-state index contributed by atoms with van der Waals surface area (Å²) in [4.78, 5) is 24.8. The number of aryl methyl sites for hydroxylation is 1. The van der Waals surface area contributed by atoms with E-state index in [-0.39, 0.29) is 10.7 Å². The number of anilines is 1. The molecule has 0 saturated heterocycles. The van der Waals surface area contributed by atoms with Gasteiger partial charge in [0.2, 0.25) is 0 Å². The Morgan fingerprint density at radius 2 is 1.79 bits per heavy atom. The highest BCUT2D eigenvalue weighted by atomic mass is 35.5. The molecule has 1 atom stereocenters. The van der Waals surface area contributed by atoms with E-state index in [1.807, 2.05) is 6.07 Å². The van der Waals surface area contributed by atoms with Crippen molar-refractivity contribution in [3.05, 3.63) is 76.8 Å². The van der Waals surface area contributed by atoms with Crippen LogP contribution >= 0.6 is 11.6 Å². The zero-order valence-corrected chi connectivity index (χ0v) is 15.9. The highest BCUT2D eigenvalue weighted by molar-refractivity contribution is 6.33. The van der Waals surface area contributed by atoms with Gasteiger partial charge in [-0.25, -0.2) is 13.9 Å². The largest absolute Gasteiger partial charge is 0.449 e. The summed E-state index contributed by atoms with van der Waals surface area (Å²) in [7, 11) is 0. The molecule has 0 aliphatic rings. The molecule has 144 valence electrons. The molecule has 3 aromatic rings. The van der Waals surface area contributed by atoms with Crippen LogP contribution in [0.3, 0.4) is 0 Å². The van der Waals surface area contributed by atoms with Crippen molar-refractivity contribution in [3.63, 3.8) is 0 Å². The van der Waals surface area contributed by atoms with Crippen LogP contribution in [0.4, 0.5) is 10.1 Å². The molecule has 8 heteroatoms. The Labute approximate surface area is 165 Å². The van der Waals surface area contributed by atoms with Crippen molar-refractivity contribution in [2.24, 2.45) is 0 Å². The third kappa shape index (κ3) is 4.20. The molecule has 1 aromatic heterocycles. The maximum atomic E-state index is 13.1. The first-order chi connectivity index (χ1) is 13.4. The fourth-order valence-corrected chi connectivity index (χ4v) is 2.87. The van der Waals surface area contributed by atoms with Gasteiger partial charge in [-0.2, -0.15) is 5.10 Å². The average Bonchev–Trinajstić information content (AvgIpc) is 2.97. The second-order valence-electron chi connectivity index (χ2n) is 6.04. The summed E-state index contributed by atoms with van der Waals surface area (Å²) >= 11 is 6.30. The lowest BCUT2D eigenvalue weighted by Crippen LogP contribution is -2.30. The van der Waals surface area contributed by atoms with Crippen LogP contribution in [0.1, 0.15) is 23.0 Å². The molecular formula is C20H17ClFN3O3. The normalized spacial score (nSPS) is 11.7. The van der Waals surface area contributed by atoms with E-state index in [1.165, 1.54) is 35.9 Å². The van der Waals surface area contributed by atoms with Gasteiger partial charge in [0.15, 0.2) is 6.10 Å². The molecule has 0 radical (unpaired) electrons. The van der Waals surface area contributed by atoms with Crippen molar-refractivity contribution in [1.29, 1.82) is 0 Å². The molecule has 6 nitrogen and oxygen atoms in total. The first-order valence-electron chi connectivity index (χ1n) is 8.44. The molecule has 1 heterocycles. The summed E-state index contributed by atoms with van der Waals surface area (Å²) in [5.74, 6) is -1.65. The highest BCUT2D eigenvalue weighted by Gasteiger charge is 2.26. The Morgan fingerprint density at radius 3 is 2.43 bits per heavy atom. The predicted molar refractivity (Wildman–Crippen MR) is 103 cm³/mol. The fourth-order valence-electron chi connectivity index (χ4n) is 2.52. The first-order valence-corrected chi connectivity index (χ1v) is 8.82. The van der Waals surface area contributed by atoms with Crippen LogP contribution in [-0.2, 0) is 9.53 Å². The van der Waals surface area contributed by atoms with E-state index in [1.54, 1.807) is 31.2 Å². The van der Waals surface area contributed by atoms with E-state index in [4.69, 9.17) is 16.3 Å². The van der Waals surface area contributed by atoms with Crippen molar-refractivity contribution in [2.45, 2.75) is 20.0 Å². The SMILES string of the molecule is Cc1nn(-c2ccc(F)cc2)c(Cl)c1C(=O)O[C@@H](C)C(=O)Nc1ccccc1. The lowest BCUT2D eigenvalue weighted by Gasteiger charge is -2.13. The molecule has 1 N–H and O–H groups in total. The number of aromatic nitrogens is 2. The quantitative estimate of drug-likeness (QED) is 0.651. The molecular weight excluding hydrogens is 385 g/mol. The van der Waals surface area contributed by atoms with Crippen LogP contribution in [0.2, 0.25) is 5.15 Å². The predicted octanol–water partition coefficient (Wildman–Crippen LogP) is 4.16. The molecule has 0 aliphatic heterocycles. The maximum absolute atomic E-state index is 13.1. The topological polar surface area (TPSA) is 73.2 Å². The number of para-hydroxylation sites is 1.